The van der Waals surface area contributed by atoms with Crippen molar-refractivity contribution in [1.82, 2.24) is 0 Å². The Hall–Kier alpha value is -3.14. The minimum Gasteiger partial charge on any atom is -0.508 e. The lowest BCUT2D eigenvalue weighted by Gasteiger charge is -2.07. The van der Waals surface area contributed by atoms with Gasteiger partial charge in [0.25, 0.3) is 0 Å². The fraction of sp³-hybridized carbons (Fsp3) is 0.143. The molecule has 25 heavy (non-hydrogen) atoms. The second kappa shape index (κ2) is 8.64. The molecule has 0 unspecified atom stereocenters. The average molecular weight is 336 g/mol. The molecule has 2 rings (SSSR count). The minimum absolute atomic E-state index is 0.157. The summed E-state index contributed by atoms with van der Waals surface area (Å²) in [6, 6.07) is 12.9. The number of hydrogen-bond acceptors (Lipinski definition) is 4. The summed E-state index contributed by atoms with van der Waals surface area (Å²) < 4.78 is 0. The van der Waals surface area contributed by atoms with E-state index < -0.39 is 5.92 Å². The third-order valence-electron chi connectivity index (χ3n) is 3.76. The predicted octanol–water partition coefficient (Wildman–Crippen LogP) is 3.99. The lowest BCUT2D eigenvalue weighted by Crippen LogP contribution is -2.20. The monoisotopic (exact) mass is 336 g/mol. The number of ketones is 2. The van der Waals surface area contributed by atoms with Crippen molar-refractivity contribution in [2.75, 3.05) is 0 Å². The Balaban J connectivity index is 2.04. The van der Waals surface area contributed by atoms with Crippen LogP contribution in [-0.2, 0) is 9.59 Å². The molecule has 2 aromatic carbocycles. The van der Waals surface area contributed by atoms with Gasteiger partial charge in [-0.15, -0.1) is 0 Å². The third kappa shape index (κ3) is 5.46. The first-order valence-electron chi connectivity index (χ1n) is 8.01. The number of rotatable bonds is 7. The van der Waals surface area contributed by atoms with E-state index in [1.54, 1.807) is 43.3 Å². The first-order chi connectivity index (χ1) is 12.0. The summed E-state index contributed by atoms with van der Waals surface area (Å²) >= 11 is 0. The van der Waals surface area contributed by atoms with Gasteiger partial charge in [-0.25, -0.2) is 0 Å². The molecule has 0 aromatic heterocycles. The van der Waals surface area contributed by atoms with Crippen molar-refractivity contribution < 1.29 is 19.8 Å². The Morgan fingerprint density at radius 2 is 1.16 bits per heavy atom. The summed E-state index contributed by atoms with van der Waals surface area (Å²) in [5.74, 6) is -0.914. The van der Waals surface area contributed by atoms with Crippen LogP contribution in [0.4, 0.5) is 0 Å². The Morgan fingerprint density at radius 1 is 0.800 bits per heavy atom. The van der Waals surface area contributed by atoms with Gasteiger partial charge in [-0.2, -0.15) is 0 Å². The molecule has 0 radical (unpaired) electrons. The van der Waals surface area contributed by atoms with Crippen molar-refractivity contribution in [2.24, 2.45) is 5.92 Å². The molecule has 0 spiro atoms. The quantitative estimate of drug-likeness (QED) is 0.592. The van der Waals surface area contributed by atoms with Crippen LogP contribution in [-0.4, -0.2) is 21.8 Å². The zero-order valence-electron chi connectivity index (χ0n) is 13.9. The van der Waals surface area contributed by atoms with Gasteiger partial charge < -0.3 is 10.2 Å². The average Bonchev–Trinajstić information content (AvgIpc) is 2.61. The molecule has 0 amide bonds. The fourth-order valence-electron chi connectivity index (χ4n) is 2.30. The van der Waals surface area contributed by atoms with Gasteiger partial charge in [0, 0.05) is 0 Å². The van der Waals surface area contributed by atoms with E-state index in [2.05, 4.69) is 0 Å². The number of hydrogen-bond donors (Lipinski definition) is 2. The molecule has 128 valence electrons. The zero-order valence-corrected chi connectivity index (χ0v) is 13.9. The van der Waals surface area contributed by atoms with Gasteiger partial charge >= 0.3 is 0 Å². The first-order valence-corrected chi connectivity index (χ1v) is 8.01. The molecule has 0 fully saturated rings. The number of phenolic OH excluding ortho intramolecular Hbond substituents is 2. The normalized spacial score (nSPS) is 11.4. The van der Waals surface area contributed by atoms with Crippen molar-refractivity contribution in [2.45, 2.75) is 13.3 Å². The molecular weight excluding hydrogens is 316 g/mol. The van der Waals surface area contributed by atoms with Gasteiger partial charge in [-0.05, 0) is 54.0 Å². The summed E-state index contributed by atoms with van der Waals surface area (Å²) in [6.45, 7) is 1.79. The summed E-state index contributed by atoms with van der Waals surface area (Å²) in [7, 11) is 0. The molecule has 0 aliphatic heterocycles. The Labute approximate surface area is 146 Å². The maximum absolute atomic E-state index is 12.3. The maximum Gasteiger partial charge on any atom is 0.166 e. The van der Waals surface area contributed by atoms with Crippen LogP contribution in [0.1, 0.15) is 24.5 Å². The lowest BCUT2D eigenvalue weighted by atomic mass is 9.94. The van der Waals surface area contributed by atoms with Crippen molar-refractivity contribution in [3.05, 3.63) is 71.8 Å². The van der Waals surface area contributed by atoms with Crippen LogP contribution in [0.25, 0.3) is 12.2 Å². The summed E-state index contributed by atoms with van der Waals surface area (Å²) in [5.41, 5.74) is 1.54. The highest BCUT2D eigenvalue weighted by Gasteiger charge is 2.20. The molecule has 0 saturated heterocycles. The van der Waals surface area contributed by atoms with Gasteiger partial charge in [0.2, 0.25) is 0 Å². The van der Waals surface area contributed by atoms with Gasteiger partial charge in [0.1, 0.15) is 11.5 Å². The van der Waals surface area contributed by atoms with Crippen molar-refractivity contribution in [3.63, 3.8) is 0 Å². The molecule has 0 saturated carbocycles. The molecule has 0 heterocycles. The van der Waals surface area contributed by atoms with E-state index in [0.29, 0.717) is 6.42 Å². The Morgan fingerprint density at radius 3 is 1.48 bits per heavy atom. The predicted molar refractivity (Wildman–Crippen MR) is 98.1 cm³/mol. The lowest BCUT2D eigenvalue weighted by molar-refractivity contribution is -0.127. The van der Waals surface area contributed by atoms with Crippen LogP contribution in [0.2, 0.25) is 0 Å². The standard InChI is InChI=1S/C21H20O4/c1-2-19(20(24)13-7-15-3-9-17(22)10-4-15)21(25)14-8-16-5-11-18(23)12-6-16/h3-14,19,22-23H,2H2,1H3/b13-7+,14-8+. The van der Waals surface area contributed by atoms with Crippen LogP contribution in [0.3, 0.4) is 0 Å². The van der Waals surface area contributed by atoms with E-state index in [-0.39, 0.29) is 23.1 Å². The highest BCUT2D eigenvalue weighted by Crippen LogP contribution is 2.15. The minimum atomic E-state index is -0.721. The molecule has 4 nitrogen and oxygen atoms in total. The van der Waals surface area contributed by atoms with Crippen molar-refractivity contribution in [3.8, 4) is 11.5 Å². The number of aromatic hydroxyl groups is 2. The third-order valence-corrected chi connectivity index (χ3v) is 3.76. The van der Waals surface area contributed by atoms with Gasteiger partial charge in [-0.1, -0.05) is 43.3 Å². The van der Waals surface area contributed by atoms with Gasteiger partial charge in [-0.3, -0.25) is 9.59 Å². The van der Waals surface area contributed by atoms with Crippen molar-refractivity contribution >= 4 is 23.7 Å². The molecule has 2 aromatic rings. The molecular formula is C21H20O4. The number of allylic oxidation sites excluding steroid dienone is 2. The number of carbonyl (C=O) groups is 2. The Kier molecular flexibility index (Phi) is 6.29. The van der Waals surface area contributed by atoms with Crippen LogP contribution in [0.5, 0.6) is 11.5 Å². The molecule has 0 bridgehead atoms. The molecule has 0 aliphatic rings. The van der Waals surface area contributed by atoms with Crippen LogP contribution in [0.15, 0.2) is 60.7 Å². The smallest absolute Gasteiger partial charge is 0.166 e. The SMILES string of the molecule is CCC(C(=O)/C=C/c1ccc(O)cc1)C(=O)/C=C/c1ccc(O)cc1. The first kappa shape index (κ1) is 18.2. The highest BCUT2D eigenvalue weighted by atomic mass is 16.3. The topological polar surface area (TPSA) is 74.6 Å². The van der Waals surface area contributed by atoms with Crippen LogP contribution in [0, 0.1) is 5.92 Å². The van der Waals surface area contributed by atoms with E-state index in [1.807, 2.05) is 0 Å². The van der Waals surface area contributed by atoms with Gasteiger partial charge in [0.05, 0.1) is 5.92 Å². The zero-order chi connectivity index (χ0) is 18.2. The van der Waals surface area contributed by atoms with E-state index in [1.165, 1.54) is 36.4 Å². The van der Waals surface area contributed by atoms with Crippen LogP contribution < -0.4 is 0 Å². The number of benzene rings is 2. The van der Waals surface area contributed by atoms with Crippen molar-refractivity contribution in [1.29, 1.82) is 0 Å². The number of phenols is 2. The van der Waals surface area contributed by atoms with Gasteiger partial charge in [0.15, 0.2) is 11.6 Å². The second-order valence-electron chi connectivity index (χ2n) is 5.62. The van der Waals surface area contributed by atoms with E-state index in [4.69, 9.17) is 0 Å². The van der Waals surface area contributed by atoms with Crippen LogP contribution >= 0.6 is 0 Å². The molecule has 2 N–H and O–H groups in total. The number of carbonyl (C=O) groups excluding carboxylic acids is 2. The molecule has 0 atom stereocenters. The van der Waals surface area contributed by atoms with E-state index in [9.17, 15) is 19.8 Å². The molecule has 0 aliphatic carbocycles. The largest absolute Gasteiger partial charge is 0.508 e. The molecule has 4 heteroatoms. The highest BCUT2D eigenvalue weighted by molar-refractivity contribution is 6.13. The van der Waals surface area contributed by atoms with E-state index >= 15 is 0 Å². The summed E-state index contributed by atoms with van der Waals surface area (Å²) in [5, 5.41) is 18.5. The second-order valence-corrected chi connectivity index (χ2v) is 5.62. The van der Waals surface area contributed by atoms with E-state index in [0.717, 1.165) is 11.1 Å². The maximum atomic E-state index is 12.3. The summed E-state index contributed by atoms with van der Waals surface area (Å²) in [6.07, 6.45) is 6.46. The Bertz CT molecular complexity index is 716. The fourth-order valence-corrected chi connectivity index (χ4v) is 2.30. The summed E-state index contributed by atoms with van der Waals surface area (Å²) in [4.78, 5) is 24.6.